The molecule has 21 heavy (non-hydrogen) atoms. The van der Waals surface area contributed by atoms with Crippen LogP contribution in [-0.4, -0.2) is 44.2 Å². The third-order valence-corrected chi connectivity index (χ3v) is 4.59. The van der Waals surface area contributed by atoms with Gasteiger partial charge in [0.1, 0.15) is 9.84 Å². The van der Waals surface area contributed by atoms with Gasteiger partial charge in [0.15, 0.2) is 16.3 Å². The van der Waals surface area contributed by atoms with Crippen molar-refractivity contribution in [3.63, 3.8) is 0 Å². The first-order valence-corrected chi connectivity index (χ1v) is 8.77. The van der Waals surface area contributed by atoms with Gasteiger partial charge in [0.05, 0.1) is 31.0 Å². The molecule has 1 heterocycles. The van der Waals surface area contributed by atoms with E-state index < -0.39 is 9.84 Å². The first kappa shape index (κ1) is 15.8. The second-order valence-corrected chi connectivity index (χ2v) is 7.54. The highest BCUT2D eigenvalue weighted by molar-refractivity contribution is 7.90. The minimum absolute atomic E-state index is 0.0165. The number of hydrogen-bond acceptors (Lipinski definition) is 5. The summed E-state index contributed by atoms with van der Waals surface area (Å²) >= 11 is 5.31. The molecule has 0 spiro atoms. The van der Waals surface area contributed by atoms with Gasteiger partial charge in [0, 0.05) is 24.4 Å². The summed E-state index contributed by atoms with van der Waals surface area (Å²) < 4.78 is 35.8. The smallest absolute Gasteiger partial charge is 0.178 e. The fourth-order valence-electron chi connectivity index (χ4n) is 2.40. The first-order valence-electron chi connectivity index (χ1n) is 6.30. The van der Waals surface area contributed by atoms with Crippen LogP contribution in [0.1, 0.15) is 13.0 Å². The van der Waals surface area contributed by atoms with Crippen molar-refractivity contribution in [1.82, 2.24) is 9.55 Å². The monoisotopic (exact) mass is 330 g/mol. The van der Waals surface area contributed by atoms with Gasteiger partial charge in [-0.3, -0.25) is 0 Å². The van der Waals surface area contributed by atoms with Gasteiger partial charge in [0.25, 0.3) is 0 Å². The standard InChI is InChI=1S/C13H18N2O4S2/c1-8(7-21(4,16)17)15-10-6-12(19-3)11(18-2)5-9(10)14-13(15)20/h5-6,8H,7H2,1-4H3,(H,14,20). The van der Waals surface area contributed by atoms with Gasteiger partial charge >= 0.3 is 0 Å². The van der Waals surface area contributed by atoms with E-state index in [0.29, 0.717) is 16.3 Å². The zero-order chi connectivity index (χ0) is 15.8. The van der Waals surface area contributed by atoms with Crippen LogP contribution in [0.25, 0.3) is 11.0 Å². The number of sulfone groups is 1. The Labute approximate surface area is 128 Å². The van der Waals surface area contributed by atoms with Crippen molar-refractivity contribution >= 4 is 33.1 Å². The molecule has 1 unspecified atom stereocenters. The predicted octanol–water partition coefficient (Wildman–Crippen LogP) is 2.32. The van der Waals surface area contributed by atoms with E-state index in [9.17, 15) is 8.42 Å². The van der Waals surface area contributed by atoms with Crippen LogP contribution in [0, 0.1) is 4.77 Å². The Morgan fingerprint density at radius 2 is 1.86 bits per heavy atom. The van der Waals surface area contributed by atoms with Crippen LogP contribution < -0.4 is 9.47 Å². The molecule has 2 aromatic rings. The Bertz CT molecular complexity index is 821. The van der Waals surface area contributed by atoms with Crippen LogP contribution in [0.2, 0.25) is 0 Å². The number of benzene rings is 1. The number of methoxy groups -OCH3 is 2. The number of hydrogen-bond donors (Lipinski definition) is 1. The van der Waals surface area contributed by atoms with Crippen molar-refractivity contribution in [2.45, 2.75) is 13.0 Å². The molecule has 0 saturated heterocycles. The molecule has 0 radical (unpaired) electrons. The van der Waals surface area contributed by atoms with Crippen molar-refractivity contribution in [3.8, 4) is 11.5 Å². The van der Waals surface area contributed by atoms with Gasteiger partial charge in [-0.1, -0.05) is 0 Å². The Morgan fingerprint density at radius 3 is 2.38 bits per heavy atom. The third-order valence-electron chi connectivity index (χ3n) is 3.21. The lowest BCUT2D eigenvalue weighted by molar-refractivity contribution is 0.355. The predicted molar refractivity (Wildman–Crippen MR) is 84.6 cm³/mol. The minimum Gasteiger partial charge on any atom is -0.493 e. The van der Waals surface area contributed by atoms with Crippen LogP contribution in [0.15, 0.2) is 12.1 Å². The number of H-pyrrole nitrogens is 1. The number of fused-ring (bicyclic) bond motifs is 1. The average molecular weight is 330 g/mol. The number of nitrogens with zero attached hydrogens (tertiary/aromatic N) is 1. The normalized spacial score (nSPS) is 13.3. The number of ether oxygens (including phenoxy) is 2. The van der Waals surface area contributed by atoms with Crippen LogP contribution >= 0.6 is 12.2 Å². The molecule has 6 nitrogen and oxygen atoms in total. The van der Waals surface area contributed by atoms with Gasteiger partial charge in [-0.05, 0) is 19.1 Å². The van der Waals surface area contributed by atoms with Gasteiger partial charge in [0.2, 0.25) is 0 Å². The van der Waals surface area contributed by atoms with Gasteiger partial charge in [-0.25, -0.2) is 8.42 Å². The summed E-state index contributed by atoms with van der Waals surface area (Å²) in [4.78, 5) is 3.07. The van der Waals surface area contributed by atoms with E-state index in [4.69, 9.17) is 21.7 Å². The highest BCUT2D eigenvalue weighted by Gasteiger charge is 2.18. The van der Waals surface area contributed by atoms with E-state index in [1.165, 1.54) is 6.26 Å². The lowest BCUT2D eigenvalue weighted by atomic mass is 10.2. The molecule has 1 aromatic heterocycles. The average Bonchev–Trinajstić information content (AvgIpc) is 2.69. The fraction of sp³-hybridized carbons (Fsp3) is 0.462. The molecule has 0 saturated carbocycles. The summed E-state index contributed by atoms with van der Waals surface area (Å²) in [5.74, 6) is 1.17. The fourth-order valence-corrected chi connectivity index (χ4v) is 3.82. The second-order valence-electron chi connectivity index (χ2n) is 4.97. The summed E-state index contributed by atoms with van der Waals surface area (Å²) in [5, 5.41) is 0. The maximum atomic E-state index is 11.5. The van der Waals surface area contributed by atoms with Crippen molar-refractivity contribution in [1.29, 1.82) is 0 Å². The van der Waals surface area contributed by atoms with E-state index in [2.05, 4.69) is 4.98 Å². The van der Waals surface area contributed by atoms with E-state index >= 15 is 0 Å². The first-order chi connectivity index (χ1) is 9.76. The van der Waals surface area contributed by atoms with Crippen LogP contribution in [0.5, 0.6) is 11.5 Å². The summed E-state index contributed by atoms with van der Waals surface area (Å²) in [5.41, 5.74) is 1.56. The summed E-state index contributed by atoms with van der Waals surface area (Å²) in [6, 6.07) is 3.30. The van der Waals surface area contributed by atoms with Crippen LogP contribution in [-0.2, 0) is 9.84 Å². The van der Waals surface area contributed by atoms with Gasteiger partial charge in [-0.15, -0.1) is 0 Å². The van der Waals surface area contributed by atoms with Gasteiger partial charge < -0.3 is 19.0 Å². The third kappa shape index (κ3) is 3.21. The molecule has 1 aromatic carbocycles. The van der Waals surface area contributed by atoms with E-state index in [-0.39, 0.29) is 11.8 Å². The maximum absolute atomic E-state index is 11.5. The lowest BCUT2D eigenvalue weighted by Gasteiger charge is -2.14. The Hall–Kier alpha value is -1.54. The number of aromatic amines is 1. The maximum Gasteiger partial charge on any atom is 0.178 e. The number of rotatable bonds is 5. The molecular weight excluding hydrogens is 312 g/mol. The molecule has 0 amide bonds. The minimum atomic E-state index is -3.10. The topological polar surface area (TPSA) is 73.3 Å². The van der Waals surface area contributed by atoms with E-state index in [1.807, 2.05) is 6.92 Å². The molecular formula is C13H18N2O4S2. The quantitative estimate of drug-likeness (QED) is 0.852. The Balaban J connectivity index is 2.64. The van der Waals surface area contributed by atoms with Crippen LogP contribution in [0.4, 0.5) is 0 Å². The molecule has 0 aliphatic heterocycles. The number of imidazole rings is 1. The second kappa shape index (κ2) is 5.69. The molecule has 1 atom stereocenters. The zero-order valence-electron chi connectivity index (χ0n) is 12.3. The van der Waals surface area contributed by atoms with Crippen LogP contribution in [0.3, 0.4) is 0 Å². The Kier molecular flexibility index (Phi) is 4.29. The Morgan fingerprint density at radius 1 is 1.29 bits per heavy atom. The molecule has 0 aliphatic carbocycles. The lowest BCUT2D eigenvalue weighted by Crippen LogP contribution is -2.16. The SMILES string of the molecule is COc1cc2[nH]c(=S)n(C(C)CS(C)(=O)=O)c2cc1OC. The highest BCUT2D eigenvalue weighted by atomic mass is 32.2. The van der Waals surface area contributed by atoms with Crippen molar-refractivity contribution in [3.05, 3.63) is 16.9 Å². The van der Waals surface area contributed by atoms with E-state index in [1.54, 1.807) is 30.9 Å². The molecule has 0 bridgehead atoms. The van der Waals surface area contributed by atoms with Crippen molar-refractivity contribution < 1.29 is 17.9 Å². The largest absolute Gasteiger partial charge is 0.493 e. The van der Waals surface area contributed by atoms with Gasteiger partial charge in [-0.2, -0.15) is 0 Å². The molecule has 2 rings (SSSR count). The highest BCUT2D eigenvalue weighted by Crippen LogP contribution is 2.33. The molecule has 0 aliphatic rings. The summed E-state index contributed by atoms with van der Waals surface area (Å²) in [6.45, 7) is 1.82. The summed E-state index contributed by atoms with van der Waals surface area (Å²) in [6.07, 6.45) is 1.21. The van der Waals surface area contributed by atoms with E-state index in [0.717, 1.165) is 11.0 Å². The van der Waals surface area contributed by atoms with Crippen molar-refractivity contribution in [2.24, 2.45) is 0 Å². The molecule has 1 N–H and O–H groups in total. The zero-order valence-corrected chi connectivity index (χ0v) is 14.0. The summed E-state index contributed by atoms with van der Waals surface area (Å²) in [7, 11) is 0.00765. The number of aromatic nitrogens is 2. The molecule has 8 heteroatoms. The number of nitrogens with one attached hydrogen (secondary N) is 1. The van der Waals surface area contributed by atoms with Crippen molar-refractivity contribution in [2.75, 3.05) is 26.2 Å². The molecule has 0 fully saturated rings. The molecule has 116 valence electrons.